The lowest BCUT2D eigenvalue weighted by Gasteiger charge is -2.21. The lowest BCUT2D eigenvalue weighted by Crippen LogP contribution is -2.18. The Balaban J connectivity index is 2.21. The van der Waals surface area contributed by atoms with E-state index in [4.69, 9.17) is 9.47 Å². The Bertz CT molecular complexity index is 747. The van der Waals surface area contributed by atoms with Crippen LogP contribution in [0.25, 0.3) is 0 Å². The summed E-state index contributed by atoms with van der Waals surface area (Å²) in [6, 6.07) is 8.08. The lowest BCUT2D eigenvalue weighted by molar-refractivity contribution is 0.0525. The topological polar surface area (TPSA) is 73.3 Å². The molecule has 0 amide bonds. The van der Waals surface area contributed by atoms with Crippen molar-refractivity contribution in [2.45, 2.75) is 59.4 Å². The van der Waals surface area contributed by atoms with Crippen LogP contribution < -0.4 is 10.1 Å². The third kappa shape index (κ3) is 5.68. The maximum atomic E-state index is 12.5. The zero-order valence-corrected chi connectivity index (χ0v) is 17.3. The first-order chi connectivity index (χ1) is 13.6. The van der Waals surface area contributed by atoms with Crippen LogP contribution in [0, 0.1) is 0 Å². The highest BCUT2D eigenvalue weighted by atomic mass is 16.5. The Morgan fingerprint density at radius 1 is 1.11 bits per heavy atom. The van der Waals surface area contributed by atoms with E-state index in [1.54, 1.807) is 6.92 Å². The predicted molar refractivity (Wildman–Crippen MR) is 111 cm³/mol. The molecule has 1 aromatic carbocycles. The van der Waals surface area contributed by atoms with Crippen molar-refractivity contribution in [3.63, 3.8) is 0 Å². The van der Waals surface area contributed by atoms with Gasteiger partial charge in [0.2, 0.25) is 0 Å². The molecule has 1 unspecified atom stereocenters. The molecule has 1 atom stereocenters. The molecule has 6 nitrogen and oxygen atoms in total. The fourth-order valence-corrected chi connectivity index (χ4v) is 2.93. The number of nitrogens with zero attached hydrogens (tertiary/aromatic N) is 2. The normalized spacial score (nSPS) is 11.7. The first-order valence-corrected chi connectivity index (χ1v) is 10.1. The fraction of sp³-hybridized carbons (Fsp3) is 0.500. The number of hydrogen-bond acceptors (Lipinski definition) is 6. The first kappa shape index (κ1) is 21.7. The molecule has 0 saturated carbocycles. The largest absolute Gasteiger partial charge is 0.494 e. The second-order valence-corrected chi connectivity index (χ2v) is 6.49. The third-order valence-electron chi connectivity index (χ3n) is 4.51. The number of unbranched alkanes of at least 4 members (excludes halogenated alkanes) is 1. The number of carbonyl (C=O) groups is 1. The van der Waals surface area contributed by atoms with Crippen LogP contribution in [0.3, 0.4) is 0 Å². The molecule has 0 fully saturated rings. The number of aryl methyl sites for hydroxylation is 1. The van der Waals surface area contributed by atoms with Gasteiger partial charge in [0.1, 0.15) is 23.5 Å². The van der Waals surface area contributed by atoms with Gasteiger partial charge in [-0.3, -0.25) is 0 Å². The van der Waals surface area contributed by atoms with Crippen molar-refractivity contribution in [2.24, 2.45) is 0 Å². The molecule has 28 heavy (non-hydrogen) atoms. The minimum absolute atomic E-state index is 0.0116. The summed E-state index contributed by atoms with van der Waals surface area (Å²) >= 11 is 0. The second-order valence-electron chi connectivity index (χ2n) is 6.49. The third-order valence-corrected chi connectivity index (χ3v) is 4.51. The molecule has 0 spiro atoms. The quantitative estimate of drug-likeness (QED) is 0.435. The van der Waals surface area contributed by atoms with Gasteiger partial charge < -0.3 is 14.8 Å². The van der Waals surface area contributed by atoms with E-state index in [2.05, 4.69) is 41.3 Å². The summed E-state index contributed by atoms with van der Waals surface area (Å²) < 4.78 is 11.0. The van der Waals surface area contributed by atoms with E-state index in [0.29, 0.717) is 30.1 Å². The van der Waals surface area contributed by atoms with Gasteiger partial charge in [-0.15, -0.1) is 0 Å². The molecular formula is C22H31N3O3. The van der Waals surface area contributed by atoms with Crippen molar-refractivity contribution < 1.29 is 14.3 Å². The zero-order valence-electron chi connectivity index (χ0n) is 17.3. The van der Waals surface area contributed by atoms with E-state index in [1.807, 2.05) is 19.1 Å². The van der Waals surface area contributed by atoms with E-state index in [9.17, 15) is 4.79 Å². The number of anilines is 1. The van der Waals surface area contributed by atoms with Crippen LogP contribution in [-0.2, 0) is 11.2 Å². The van der Waals surface area contributed by atoms with Crippen molar-refractivity contribution in [2.75, 3.05) is 18.5 Å². The Kier molecular flexibility index (Phi) is 8.72. The standard InChI is InChI=1S/C22H31N3O3/c1-5-9-14-28-17-12-10-16(11-13-17)18(6-2)25-21-20(22(26)27-8-4)19(7-3)23-15-24-21/h10-13,15,18H,5-9,14H2,1-4H3,(H,23,24,25). The monoisotopic (exact) mass is 385 g/mol. The van der Waals surface area contributed by atoms with Gasteiger partial charge in [-0.2, -0.15) is 0 Å². The number of benzene rings is 1. The van der Waals surface area contributed by atoms with Crippen LogP contribution in [0.4, 0.5) is 5.82 Å². The highest BCUT2D eigenvalue weighted by molar-refractivity contribution is 5.95. The van der Waals surface area contributed by atoms with Crippen molar-refractivity contribution in [3.05, 3.63) is 47.4 Å². The molecule has 6 heteroatoms. The average molecular weight is 386 g/mol. The summed E-state index contributed by atoms with van der Waals surface area (Å²) in [5.74, 6) is 0.993. The summed E-state index contributed by atoms with van der Waals surface area (Å²) in [5.41, 5.74) is 2.21. The highest BCUT2D eigenvalue weighted by Gasteiger charge is 2.21. The summed E-state index contributed by atoms with van der Waals surface area (Å²) in [4.78, 5) is 21.0. The van der Waals surface area contributed by atoms with E-state index in [1.165, 1.54) is 6.33 Å². The van der Waals surface area contributed by atoms with Gasteiger partial charge in [-0.05, 0) is 43.9 Å². The van der Waals surface area contributed by atoms with Crippen molar-refractivity contribution >= 4 is 11.8 Å². The summed E-state index contributed by atoms with van der Waals surface area (Å²) in [6.07, 6.45) is 5.11. The number of esters is 1. The zero-order chi connectivity index (χ0) is 20.4. The summed E-state index contributed by atoms with van der Waals surface area (Å²) in [5, 5.41) is 3.41. The molecule has 1 heterocycles. The van der Waals surface area contributed by atoms with E-state index < -0.39 is 5.97 Å². The van der Waals surface area contributed by atoms with E-state index in [0.717, 1.165) is 37.2 Å². The average Bonchev–Trinajstić information content (AvgIpc) is 2.72. The van der Waals surface area contributed by atoms with Gasteiger partial charge >= 0.3 is 5.97 Å². The van der Waals surface area contributed by atoms with Crippen LogP contribution in [0.2, 0.25) is 0 Å². The summed E-state index contributed by atoms with van der Waals surface area (Å²) in [7, 11) is 0. The number of rotatable bonds is 11. The molecule has 152 valence electrons. The molecule has 0 aliphatic rings. The van der Waals surface area contributed by atoms with Crippen LogP contribution >= 0.6 is 0 Å². The van der Waals surface area contributed by atoms with Crippen molar-refractivity contribution in [1.29, 1.82) is 0 Å². The number of aromatic nitrogens is 2. The Morgan fingerprint density at radius 3 is 2.46 bits per heavy atom. The summed E-state index contributed by atoms with van der Waals surface area (Å²) in [6.45, 7) is 9.03. The van der Waals surface area contributed by atoms with Gasteiger partial charge in [-0.25, -0.2) is 14.8 Å². The van der Waals surface area contributed by atoms with E-state index >= 15 is 0 Å². The molecule has 1 aromatic heterocycles. The van der Waals surface area contributed by atoms with Crippen LogP contribution in [0.5, 0.6) is 5.75 Å². The van der Waals surface area contributed by atoms with Gasteiger partial charge in [0.15, 0.2) is 0 Å². The number of hydrogen-bond donors (Lipinski definition) is 1. The molecule has 0 aliphatic heterocycles. The number of nitrogens with one attached hydrogen (secondary N) is 1. The van der Waals surface area contributed by atoms with E-state index in [-0.39, 0.29) is 6.04 Å². The Morgan fingerprint density at radius 2 is 1.86 bits per heavy atom. The SMILES string of the molecule is CCCCOc1ccc(C(CC)Nc2ncnc(CC)c2C(=O)OCC)cc1. The smallest absolute Gasteiger partial charge is 0.343 e. The van der Waals surface area contributed by atoms with Crippen LogP contribution in [0.15, 0.2) is 30.6 Å². The first-order valence-electron chi connectivity index (χ1n) is 10.1. The minimum atomic E-state index is -0.392. The van der Waals surface area contributed by atoms with Gasteiger partial charge in [0, 0.05) is 0 Å². The fourth-order valence-electron chi connectivity index (χ4n) is 2.93. The highest BCUT2D eigenvalue weighted by Crippen LogP contribution is 2.27. The van der Waals surface area contributed by atoms with Gasteiger partial charge in [-0.1, -0.05) is 39.3 Å². The molecule has 0 bridgehead atoms. The molecule has 1 N–H and O–H groups in total. The molecule has 0 saturated heterocycles. The van der Waals surface area contributed by atoms with Gasteiger partial charge in [0.25, 0.3) is 0 Å². The molecule has 0 aliphatic carbocycles. The molecule has 2 aromatic rings. The maximum Gasteiger partial charge on any atom is 0.343 e. The minimum Gasteiger partial charge on any atom is -0.494 e. The Hall–Kier alpha value is -2.63. The van der Waals surface area contributed by atoms with Gasteiger partial charge in [0.05, 0.1) is 24.9 Å². The number of carbonyl (C=O) groups excluding carboxylic acids is 1. The van der Waals surface area contributed by atoms with Crippen LogP contribution in [-0.4, -0.2) is 29.2 Å². The predicted octanol–water partition coefficient (Wildman–Crippen LogP) is 4.96. The lowest BCUT2D eigenvalue weighted by atomic mass is 10.0. The van der Waals surface area contributed by atoms with Crippen LogP contribution in [0.1, 0.15) is 74.6 Å². The second kappa shape index (κ2) is 11.3. The molecule has 0 radical (unpaired) electrons. The molecular weight excluding hydrogens is 354 g/mol. The molecule has 2 rings (SSSR count). The Labute approximate surface area is 167 Å². The number of ether oxygens (including phenoxy) is 2. The van der Waals surface area contributed by atoms with Crippen molar-refractivity contribution in [3.8, 4) is 5.75 Å². The van der Waals surface area contributed by atoms with Crippen molar-refractivity contribution in [1.82, 2.24) is 9.97 Å². The maximum absolute atomic E-state index is 12.5.